The molecule has 18 heavy (non-hydrogen) atoms. The molecule has 0 amide bonds. The molecule has 0 aliphatic heterocycles. The molecular formula is C13H22N2O3. The largest absolute Gasteiger partial charge is 0.481 e. The number of aliphatic carboxylic acids is 1. The first-order valence-corrected chi connectivity index (χ1v) is 6.45. The molecule has 0 bridgehead atoms. The fraction of sp³-hybridized carbons (Fsp3) is 0.692. The number of carboxylic acids is 1. The molecule has 5 heteroatoms. The number of aromatic nitrogens is 1. The summed E-state index contributed by atoms with van der Waals surface area (Å²) in [5, 5.41) is 16.4. The molecule has 2 N–H and O–H groups in total. The lowest BCUT2D eigenvalue weighted by molar-refractivity contribution is -0.149. The van der Waals surface area contributed by atoms with Gasteiger partial charge in [0.2, 0.25) is 0 Å². The van der Waals surface area contributed by atoms with Gasteiger partial charge >= 0.3 is 5.97 Å². The highest BCUT2D eigenvalue weighted by Crippen LogP contribution is 2.25. The third kappa shape index (κ3) is 3.10. The lowest BCUT2D eigenvalue weighted by atomic mass is 9.82. The fourth-order valence-electron chi connectivity index (χ4n) is 2.03. The van der Waals surface area contributed by atoms with Crippen molar-refractivity contribution in [2.24, 2.45) is 5.41 Å². The summed E-state index contributed by atoms with van der Waals surface area (Å²) in [6, 6.07) is 0. The number of nitrogens with one attached hydrogen (secondary N) is 1. The highest BCUT2D eigenvalue weighted by Gasteiger charge is 2.34. The normalized spacial score (nSPS) is 11.7. The Morgan fingerprint density at radius 1 is 1.44 bits per heavy atom. The van der Waals surface area contributed by atoms with E-state index in [1.165, 1.54) is 0 Å². The van der Waals surface area contributed by atoms with Gasteiger partial charge in [-0.05, 0) is 19.3 Å². The second kappa shape index (κ2) is 6.54. The van der Waals surface area contributed by atoms with Crippen LogP contribution in [-0.4, -0.2) is 22.8 Å². The molecule has 0 aromatic carbocycles. The Morgan fingerprint density at radius 2 is 2.11 bits per heavy atom. The van der Waals surface area contributed by atoms with E-state index in [0.29, 0.717) is 25.9 Å². The summed E-state index contributed by atoms with van der Waals surface area (Å²) in [4.78, 5) is 11.3. The van der Waals surface area contributed by atoms with Crippen molar-refractivity contribution in [3.63, 3.8) is 0 Å². The number of carboxylic acid groups (broad SMARTS) is 1. The Balaban J connectivity index is 2.57. The number of rotatable bonds is 8. The van der Waals surface area contributed by atoms with E-state index in [9.17, 15) is 9.90 Å². The summed E-state index contributed by atoms with van der Waals surface area (Å²) >= 11 is 0. The zero-order chi connectivity index (χ0) is 13.6. The van der Waals surface area contributed by atoms with Crippen molar-refractivity contribution in [2.75, 3.05) is 6.54 Å². The fourth-order valence-corrected chi connectivity index (χ4v) is 2.03. The Hall–Kier alpha value is -1.36. The van der Waals surface area contributed by atoms with Crippen LogP contribution in [0.15, 0.2) is 10.8 Å². The predicted molar refractivity (Wildman–Crippen MR) is 68.2 cm³/mol. The molecule has 1 aromatic rings. The number of nitrogens with zero attached hydrogens (tertiary/aromatic N) is 1. The van der Waals surface area contributed by atoms with Crippen molar-refractivity contribution in [1.29, 1.82) is 0 Å². The molecular weight excluding hydrogens is 232 g/mol. The molecule has 0 atom stereocenters. The van der Waals surface area contributed by atoms with Crippen molar-refractivity contribution >= 4 is 5.97 Å². The van der Waals surface area contributed by atoms with Crippen LogP contribution in [0, 0.1) is 5.41 Å². The molecule has 1 heterocycles. The first-order chi connectivity index (χ1) is 8.59. The van der Waals surface area contributed by atoms with Crippen molar-refractivity contribution in [1.82, 2.24) is 10.5 Å². The van der Waals surface area contributed by atoms with E-state index < -0.39 is 11.4 Å². The van der Waals surface area contributed by atoms with Gasteiger partial charge in [-0.2, -0.15) is 0 Å². The minimum absolute atomic E-state index is 0.462. The predicted octanol–water partition coefficient (Wildman–Crippen LogP) is 2.22. The van der Waals surface area contributed by atoms with Crippen molar-refractivity contribution in [2.45, 2.75) is 46.6 Å². The lowest BCUT2D eigenvalue weighted by Crippen LogP contribution is -2.40. The van der Waals surface area contributed by atoms with E-state index in [2.05, 4.69) is 10.5 Å². The van der Waals surface area contributed by atoms with Gasteiger partial charge in [0.1, 0.15) is 6.26 Å². The molecule has 5 nitrogen and oxygen atoms in total. The van der Waals surface area contributed by atoms with Crippen LogP contribution < -0.4 is 5.32 Å². The Labute approximate surface area is 108 Å². The summed E-state index contributed by atoms with van der Waals surface area (Å²) in [6.45, 7) is 6.90. The molecule has 102 valence electrons. The summed E-state index contributed by atoms with van der Waals surface area (Å²) < 4.78 is 4.91. The molecule has 0 fully saturated rings. The second-order valence-corrected chi connectivity index (χ2v) is 4.54. The standard InChI is InChI=1S/C13H22N2O3/c1-4-11-10(8-18-15-11)7-14-9-13(5-2,6-3)12(16)17/h8,14H,4-7,9H2,1-3H3,(H,16,17). The average molecular weight is 254 g/mol. The first kappa shape index (κ1) is 14.7. The number of hydrogen-bond acceptors (Lipinski definition) is 4. The van der Waals surface area contributed by atoms with Gasteiger partial charge in [-0.25, -0.2) is 0 Å². The van der Waals surface area contributed by atoms with E-state index in [1.54, 1.807) is 6.26 Å². The Kier molecular flexibility index (Phi) is 5.34. The van der Waals surface area contributed by atoms with Crippen LogP contribution in [0.3, 0.4) is 0 Å². The van der Waals surface area contributed by atoms with Gasteiger partial charge in [0.15, 0.2) is 0 Å². The summed E-state index contributed by atoms with van der Waals surface area (Å²) in [5.41, 5.74) is 1.25. The highest BCUT2D eigenvalue weighted by atomic mass is 16.5. The van der Waals surface area contributed by atoms with E-state index in [4.69, 9.17) is 4.52 Å². The zero-order valence-electron chi connectivity index (χ0n) is 11.3. The topological polar surface area (TPSA) is 75.4 Å². The number of aryl methyl sites for hydroxylation is 1. The smallest absolute Gasteiger partial charge is 0.310 e. The Morgan fingerprint density at radius 3 is 2.61 bits per heavy atom. The van der Waals surface area contributed by atoms with Gasteiger partial charge in [-0.15, -0.1) is 0 Å². The van der Waals surface area contributed by atoms with Crippen LogP contribution in [0.25, 0.3) is 0 Å². The van der Waals surface area contributed by atoms with Crippen LogP contribution in [0.2, 0.25) is 0 Å². The lowest BCUT2D eigenvalue weighted by Gasteiger charge is -2.26. The molecule has 0 saturated carbocycles. The van der Waals surface area contributed by atoms with Crippen LogP contribution in [0.4, 0.5) is 0 Å². The molecule has 0 radical (unpaired) electrons. The Bertz CT molecular complexity index is 383. The van der Waals surface area contributed by atoms with E-state index in [-0.39, 0.29) is 0 Å². The summed E-state index contributed by atoms with van der Waals surface area (Å²) in [5.74, 6) is -0.735. The summed E-state index contributed by atoms with van der Waals surface area (Å²) in [7, 11) is 0. The summed E-state index contributed by atoms with van der Waals surface area (Å²) in [6.07, 6.45) is 3.68. The third-order valence-electron chi connectivity index (χ3n) is 3.65. The molecule has 1 rings (SSSR count). The average Bonchev–Trinajstić information content (AvgIpc) is 2.82. The van der Waals surface area contributed by atoms with Crippen molar-refractivity contribution in [3.8, 4) is 0 Å². The quantitative estimate of drug-likeness (QED) is 0.744. The molecule has 0 aliphatic carbocycles. The maximum atomic E-state index is 11.3. The van der Waals surface area contributed by atoms with Crippen LogP contribution in [0.5, 0.6) is 0 Å². The van der Waals surface area contributed by atoms with Gasteiger partial charge < -0.3 is 14.9 Å². The third-order valence-corrected chi connectivity index (χ3v) is 3.65. The van der Waals surface area contributed by atoms with Gasteiger partial charge in [-0.1, -0.05) is 25.9 Å². The van der Waals surface area contributed by atoms with E-state index >= 15 is 0 Å². The van der Waals surface area contributed by atoms with Gasteiger partial charge in [0, 0.05) is 18.7 Å². The van der Waals surface area contributed by atoms with Gasteiger partial charge in [-0.3, -0.25) is 4.79 Å². The van der Waals surface area contributed by atoms with Gasteiger partial charge in [0.25, 0.3) is 0 Å². The van der Waals surface area contributed by atoms with Crippen molar-refractivity contribution in [3.05, 3.63) is 17.5 Å². The van der Waals surface area contributed by atoms with E-state index in [0.717, 1.165) is 17.7 Å². The maximum absolute atomic E-state index is 11.3. The van der Waals surface area contributed by atoms with Crippen LogP contribution in [0.1, 0.15) is 44.9 Å². The molecule has 1 aromatic heterocycles. The van der Waals surface area contributed by atoms with Gasteiger partial charge in [0.05, 0.1) is 11.1 Å². The molecule has 0 aliphatic rings. The first-order valence-electron chi connectivity index (χ1n) is 6.45. The second-order valence-electron chi connectivity index (χ2n) is 4.54. The zero-order valence-corrected chi connectivity index (χ0v) is 11.3. The SMILES string of the molecule is CCc1nocc1CNCC(CC)(CC)C(=O)O. The minimum Gasteiger partial charge on any atom is -0.481 e. The van der Waals surface area contributed by atoms with Crippen molar-refractivity contribution < 1.29 is 14.4 Å². The van der Waals surface area contributed by atoms with E-state index in [1.807, 2.05) is 20.8 Å². The van der Waals surface area contributed by atoms with Crippen LogP contribution in [-0.2, 0) is 17.8 Å². The molecule has 0 spiro atoms. The number of hydrogen-bond donors (Lipinski definition) is 2. The van der Waals surface area contributed by atoms with Crippen LogP contribution >= 0.6 is 0 Å². The number of carbonyl (C=O) groups is 1. The molecule has 0 saturated heterocycles. The highest BCUT2D eigenvalue weighted by molar-refractivity contribution is 5.74. The minimum atomic E-state index is -0.735. The maximum Gasteiger partial charge on any atom is 0.310 e. The molecule has 0 unspecified atom stereocenters. The monoisotopic (exact) mass is 254 g/mol.